The Labute approximate surface area is 105 Å². The molecule has 0 spiro atoms. The predicted octanol–water partition coefficient (Wildman–Crippen LogP) is 2.89. The molecule has 0 aromatic heterocycles. The normalized spacial score (nSPS) is 9.24. The molecule has 2 rings (SSSR count). The molecule has 2 N–H and O–H groups in total. The van der Waals surface area contributed by atoms with Gasteiger partial charge in [-0.3, -0.25) is 10.0 Å². The quantitative estimate of drug-likeness (QED) is 0.635. The van der Waals surface area contributed by atoms with Gasteiger partial charge in [0.15, 0.2) is 0 Å². The van der Waals surface area contributed by atoms with Crippen molar-refractivity contribution >= 4 is 18.3 Å². The summed E-state index contributed by atoms with van der Waals surface area (Å²) >= 11 is 0. The van der Waals surface area contributed by atoms with E-state index >= 15 is 0 Å². The van der Waals surface area contributed by atoms with E-state index in [0.717, 1.165) is 11.1 Å². The summed E-state index contributed by atoms with van der Waals surface area (Å²) in [5, 5.41) is 8.55. The number of hydrogen-bond donors (Lipinski definition) is 2. The first-order valence-corrected chi connectivity index (χ1v) is 4.91. The van der Waals surface area contributed by atoms with Crippen molar-refractivity contribution in [2.75, 3.05) is 0 Å². The van der Waals surface area contributed by atoms with Gasteiger partial charge in [0.2, 0.25) is 0 Å². The van der Waals surface area contributed by atoms with Crippen molar-refractivity contribution in [1.29, 1.82) is 0 Å². The van der Waals surface area contributed by atoms with Crippen molar-refractivity contribution < 1.29 is 10.0 Å². The van der Waals surface area contributed by atoms with Crippen LogP contribution in [0.25, 0.3) is 11.1 Å². The Balaban J connectivity index is 0.00000144. The molecule has 88 valence electrons. The topological polar surface area (TPSA) is 49.3 Å². The third-order valence-electron chi connectivity index (χ3n) is 2.33. The van der Waals surface area contributed by atoms with Crippen LogP contribution in [0.3, 0.4) is 0 Å². The van der Waals surface area contributed by atoms with Crippen molar-refractivity contribution in [2.45, 2.75) is 0 Å². The largest absolute Gasteiger partial charge is 0.288 e. The highest BCUT2D eigenvalue weighted by Crippen LogP contribution is 2.19. The number of halogens is 1. The van der Waals surface area contributed by atoms with Crippen LogP contribution in [0.15, 0.2) is 54.6 Å². The smallest absolute Gasteiger partial charge is 0.274 e. The second-order valence-corrected chi connectivity index (χ2v) is 3.39. The molecule has 0 radical (unpaired) electrons. The Morgan fingerprint density at radius 3 is 2.24 bits per heavy atom. The minimum Gasteiger partial charge on any atom is -0.288 e. The van der Waals surface area contributed by atoms with E-state index in [4.69, 9.17) is 5.21 Å². The van der Waals surface area contributed by atoms with Gasteiger partial charge in [0, 0.05) is 5.56 Å². The standard InChI is InChI=1S/C13H11NO2.ClH/c15-13(14-16)12-8-4-7-11(9-12)10-5-2-1-3-6-10;/h1-9,16H,(H,14,15);1H. The Hall–Kier alpha value is -1.84. The lowest BCUT2D eigenvalue weighted by molar-refractivity contribution is 0.0706. The van der Waals surface area contributed by atoms with Gasteiger partial charge in [0.25, 0.3) is 5.91 Å². The summed E-state index contributed by atoms with van der Waals surface area (Å²) in [4.78, 5) is 11.2. The fourth-order valence-corrected chi connectivity index (χ4v) is 1.54. The molecule has 1 amide bonds. The Bertz CT molecular complexity index is 500. The van der Waals surface area contributed by atoms with Gasteiger partial charge in [-0.15, -0.1) is 12.4 Å². The van der Waals surface area contributed by atoms with Crippen LogP contribution in [-0.2, 0) is 0 Å². The van der Waals surface area contributed by atoms with E-state index in [-0.39, 0.29) is 12.4 Å². The van der Waals surface area contributed by atoms with Crippen LogP contribution in [-0.4, -0.2) is 11.1 Å². The average molecular weight is 250 g/mol. The van der Waals surface area contributed by atoms with Gasteiger partial charge in [-0.05, 0) is 23.3 Å². The van der Waals surface area contributed by atoms with Crippen LogP contribution >= 0.6 is 12.4 Å². The van der Waals surface area contributed by atoms with E-state index in [1.165, 1.54) is 0 Å². The van der Waals surface area contributed by atoms with E-state index in [1.54, 1.807) is 23.7 Å². The van der Waals surface area contributed by atoms with Gasteiger partial charge in [-0.25, -0.2) is 5.48 Å². The summed E-state index contributed by atoms with van der Waals surface area (Å²) in [5.41, 5.74) is 4.04. The van der Waals surface area contributed by atoms with E-state index in [0.29, 0.717) is 5.56 Å². The van der Waals surface area contributed by atoms with Crippen LogP contribution < -0.4 is 5.48 Å². The maximum absolute atomic E-state index is 11.2. The fraction of sp³-hybridized carbons (Fsp3) is 0. The molecule has 4 heteroatoms. The van der Waals surface area contributed by atoms with Gasteiger partial charge in [-0.1, -0.05) is 42.5 Å². The molecule has 2 aromatic carbocycles. The Kier molecular flexibility index (Phi) is 4.69. The Morgan fingerprint density at radius 1 is 0.941 bits per heavy atom. The molecule has 0 heterocycles. The number of benzene rings is 2. The second kappa shape index (κ2) is 6.03. The summed E-state index contributed by atoms with van der Waals surface area (Å²) in [7, 11) is 0. The van der Waals surface area contributed by atoms with Crippen molar-refractivity contribution in [3.8, 4) is 11.1 Å². The zero-order chi connectivity index (χ0) is 11.4. The highest BCUT2D eigenvalue weighted by atomic mass is 35.5. The summed E-state index contributed by atoms with van der Waals surface area (Å²) < 4.78 is 0. The summed E-state index contributed by atoms with van der Waals surface area (Å²) in [6.45, 7) is 0. The molecule has 2 aromatic rings. The lowest BCUT2D eigenvalue weighted by Crippen LogP contribution is -2.18. The zero-order valence-corrected chi connectivity index (χ0v) is 9.78. The molecular formula is C13H12ClNO2. The third kappa shape index (κ3) is 3.06. The lowest BCUT2D eigenvalue weighted by atomic mass is 10.0. The molecule has 0 bridgehead atoms. The first-order valence-electron chi connectivity index (χ1n) is 4.91. The molecule has 0 saturated heterocycles. The number of carbonyl (C=O) groups excluding carboxylic acids is 1. The maximum atomic E-state index is 11.2. The van der Waals surface area contributed by atoms with Crippen molar-refractivity contribution in [3.63, 3.8) is 0 Å². The van der Waals surface area contributed by atoms with E-state index in [2.05, 4.69) is 0 Å². The molecule has 3 nitrogen and oxygen atoms in total. The highest BCUT2D eigenvalue weighted by Gasteiger charge is 2.04. The number of rotatable bonds is 2. The van der Waals surface area contributed by atoms with Gasteiger partial charge in [0.05, 0.1) is 0 Å². The molecule has 0 atom stereocenters. The lowest BCUT2D eigenvalue weighted by Gasteiger charge is -2.03. The van der Waals surface area contributed by atoms with Crippen molar-refractivity contribution in [2.24, 2.45) is 0 Å². The molecule has 0 aliphatic carbocycles. The first kappa shape index (κ1) is 13.2. The summed E-state index contributed by atoms with van der Waals surface area (Å²) in [5.74, 6) is -0.502. The maximum Gasteiger partial charge on any atom is 0.274 e. The van der Waals surface area contributed by atoms with E-state index < -0.39 is 5.91 Å². The fourth-order valence-electron chi connectivity index (χ4n) is 1.54. The van der Waals surface area contributed by atoms with Crippen molar-refractivity contribution in [1.82, 2.24) is 5.48 Å². The molecular weight excluding hydrogens is 238 g/mol. The van der Waals surface area contributed by atoms with Crippen LogP contribution in [0.4, 0.5) is 0 Å². The molecule has 17 heavy (non-hydrogen) atoms. The summed E-state index contributed by atoms with van der Waals surface area (Å²) in [6.07, 6.45) is 0. The van der Waals surface area contributed by atoms with E-state index in [1.807, 2.05) is 36.4 Å². The molecule has 0 unspecified atom stereocenters. The minimum atomic E-state index is -0.502. The highest BCUT2D eigenvalue weighted by molar-refractivity contribution is 5.94. The number of amides is 1. The monoisotopic (exact) mass is 249 g/mol. The average Bonchev–Trinajstić information content (AvgIpc) is 2.39. The van der Waals surface area contributed by atoms with Gasteiger partial charge >= 0.3 is 0 Å². The van der Waals surface area contributed by atoms with Gasteiger partial charge in [0.1, 0.15) is 0 Å². The van der Waals surface area contributed by atoms with E-state index in [9.17, 15) is 4.79 Å². The number of carbonyl (C=O) groups is 1. The Morgan fingerprint density at radius 2 is 1.59 bits per heavy atom. The molecule has 0 saturated carbocycles. The van der Waals surface area contributed by atoms with Gasteiger partial charge in [-0.2, -0.15) is 0 Å². The second-order valence-electron chi connectivity index (χ2n) is 3.39. The molecule has 0 aliphatic rings. The third-order valence-corrected chi connectivity index (χ3v) is 2.33. The predicted molar refractivity (Wildman–Crippen MR) is 68.4 cm³/mol. The zero-order valence-electron chi connectivity index (χ0n) is 8.96. The van der Waals surface area contributed by atoms with Crippen molar-refractivity contribution in [3.05, 3.63) is 60.2 Å². The molecule has 0 aliphatic heterocycles. The van der Waals surface area contributed by atoms with Crippen LogP contribution in [0, 0.1) is 0 Å². The molecule has 0 fully saturated rings. The minimum absolute atomic E-state index is 0. The number of nitrogens with one attached hydrogen (secondary N) is 1. The van der Waals surface area contributed by atoms with Crippen LogP contribution in [0.5, 0.6) is 0 Å². The number of hydroxylamine groups is 1. The first-order chi connectivity index (χ1) is 7.81. The SMILES string of the molecule is Cl.O=C(NO)c1cccc(-c2ccccc2)c1. The van der Waals surface area contributed by atoms with Crippen LogP contribution in [0.2, 0.25) is 0 Å². The summed E-state index contributed by atoms with van der Waals surface area (Å²) in [6, 6.07) is 16.8. The van der Waals surface area contributed by atoms with Gasteiger partial charge < -0.3 is 0 Å². The number of hydrogen-bond acceptors (Lipinski definition) is 2. The van der Waals surface area contributed by atoms with Crippen LogP contribution in [0.1, 0.15) is 10.4 Å².